The SMILES string of the molecule is O=C(c1cn2c3c(cccc3c1=O)CCC2)N1CCc2ccccc2C1. The van der Waals surface area contributed by atoms with Crippen LogP contribution in [0.1, 0.15) is 33.5 Å². The Bertz CT molecular complexity index is 1100. The van der Waals surface area contributed by atoms with Crippen LogP contribution >= 0.6 is 0 Å². The minimum Gasteiger partial charge on any atom is -0.346 e. The van der Waals surface area contributed by atoms with E-state index in [9.17, 15) is 9.59 Å². The van der Waals surface area contributed by atoms with Crippen LogP contribution in [0.25, 0.3) is 10.9 Å². The van der Waals surface area contributed by atoms with Crippen molar-refractivity contribution in [1.29, 1.82) is 0 Å². The first-order chi connectivity index (χ1) is 12.7. The van der Waals surface area contributed by atoms with E-state index in [2.05, 4.69) is 22.8 Å². The van der Waals surface area contributed by atoms with Gasteiger partial charge in [0, 0.05) is 31.2 Å². The summed E-state index contributed by atoms with van der Waals surface area (Å²) < 4.78 is 2.10. The molecule has 3 heterocycles. The summed E-state index contributed by atoms with van der Waals surface area (Å²) in [5.41, 5.74) is 4.85. The quantitative estimate of drug-likeness (QED) is 0.681. The van der Waals surface area contributed by atoms with Gasteiger partial charge in [-0.05, 0) is 42.0 Å². The first-order valence-corrected chi connectivity index (χ1v) is 9.23. The number of fused-ring (bicyclic) bond motifs is 1. The predicted octanol–water partition coefficient (Wildman–Crippen LogP) is 3.15. The Morgan fingerprint density at radius 2 is 1.69 bits per heavy atom. The summed E-state index contributed by atoms with van der Waals surface area (Å²) in [6.07, 6.45) is 4.66. The highest BCUT2D eigenvalue weighted by Gasteiger charge is 2.25. The van der Waals surface area contributed by atoms with Crippen LogP contribution in [0.5, 0.6) is 0 Å². The maximum atomic E-state index is 13.2. The molecule has 5 rings (SSSR count). The number of carbonyl (C=O) groups excluding carboxylic acids is 1. The van der Waals surface area contributed by atoms with E-state index in [0.717, 1.165) is 31.3 Å². The molecule has 2 aliphatic rings. The van der Waals surface area contributed by atoms with E-state index in [4.69, 9.17) is 0 Å². The monoisotopic (exact) mass is 344 g/mol. The Morgan fingerprint density at radius 3 is 2.58 bits per heavy atom. The molecule has 0 atom stereocenters. The minimum atomic E-state index is -0.147. The average Bonchev–Trinajstić information content (AvgIpc) is 2.70. The van der Waals surface area contributed by atoms with Gasteiger partial charge in [0.15, 0.2) is 0 Å². The zero-order valence-electron chi connectivity index (χ0n) is 14.6. The molecule has 0 fully saturated rings. The van der Waals surface area contributed by atoms with Gasteiger partial charge < -0.3 is 9.47 Å². The van der Waals surface area contributed by atoms with Crippen molar-refractivity contribution in [2.24, 2.45) is 0 Å². The van der Waals surface area contributed by atoms with Gasteiger partial charge in [0.25, 0.3) is 5.91 Å². The Balaban J connectivity index is 1.59. The summed E-state index contributed by atoms with van der Waals surface area (Å²) in [6.45, 7) is 2.09. The molecule has 3 aromatic rings. The normalized spacial score (nSPS) is 15.8. The van der Waals surface area contributed by atoms with Gasteiger partial charge in [0.1, 0.15) is 5.56 Å². The number of pyridine rings is 1. The molecular weight excluding hydrogens is 324 g/mol. The van der Waals surface area contributed by atoms with E-state index >= 15 is 0 Å². The van der Waals surface area contributed by atoms with Gasteiger partial charge in [0.2, 0.25) is 5.43 Å². The topological polar surface area (TPSA) is 42.3 Å². The van der Waals surface area contributed by atoms with Crippen molar-refractivity contribution in [2.75, 3.05) is 6.54 Å². The summed E-state index contributed by atoms with van der Waals surface area (Å²) in [5.74, 6) is -0.147. The molecule has 4 nitrogen and oxygen atoms in total. The number of aromatic nitrogens is 1. The van der Waals surface area contributed by atoms with Crippen LogP contribution < -0.4 is 5.43 Å². The molecule has 1 aromatic heterocycles. The summed E-state index contributed by atoms with van der Waals surface area (Å²) >= 11 is 0. The largest absolute Gasteiger partial charge is 0.346 e. The number of hydrogen-bond donors (Lipinski definition) is 0. The molecule has 0 spiro atoms. The van der Waals surface area contributed by atoms with E-state index in [0.29, 0.717) is 24.0 Å². The van der Waals surface area contributed by atoms with Crippen LogP contribution in [0.4, 0.5) is 0 Å². The third-order valence-corrected chi connectivity index (χ3v) is 5.67. The molecule has 0 aliphatic carbocycles. The highest BCUT2D eigenvalue weighted by molar-refractivity contribution is 5.98. The number of carbonyl (C=O) groups is 1. The van der Waals surface area contributed by atoms with E-state index in [1.165, 1.54) is 16.7 Å². The fourth-order valence-electron chi connectivity index (χ4n) is 4.35. The zero-order chi connectivity index (χ0) is 17.7. The second-order valence-electron chi connectivity index (χ2n) is 7.23. The van der Waals surface area contributed by atoms with Crippen molar-refractivity contribution < 1.29 is 4.79 Å². The van der Waals surface area contributed by atoms with Gasteiger partial charge in [-0.15, -0.1) is 0 Å². The molecule has 2 aliphatic heterocycles. The lowest BCUT2D eigenvalue weighted by atomic mass is 9.98. The number of rotatable bonds is 1. The Morgan fingerprint density at radius 1 is 0.885 bits per heavy atom. The maximum absolute atomic E-state index is 13.2. The molecular formula is C22H20N2O2. The van der Waals surface area contributed by atoms with Crippen molar-refractivity contribution in [1.82, 2.24) is 9.47 Å². The molecule has 26 heavy (non-hydrogen) atoms. The van der Waals surface area contributed by atoms with Crippen LogP contribution in [0.15, 0.2) is 53.5 Å². The van der Waals surface area contributed by atoms with Gasteiger partial charge in [-0.1, -0.05) is 36.4 Å². The molecule has 0 unspecified atom stereocenters. The molecule has 0 saturated heterocycles. The number of nitrogens with zero attached hydrogens (tertiary/aromatic N) is 2. The van der Waals surface area contributed by atoms with Crippen LogP contribution in [0.3, 0.4) is 0 Å². The van der Waals surface area contributed by atoms with E-state index in [1.54, 1.807) is 6.20 Å². The molecule has 0 N–H and O–H groups in total. The van der Waals surface area contributed by atoms with Crippen molar-refractivity contribution in [3.8, 4) is 0 Å². The lowest BCUT2D eigenvalue weighted by molar-refractivity contribution is 0.0732. The van der Waals surface area contributed by atoms with Gasteiger partial charge >= 0.3 is 0 Å². The van der Waals surface area contributed by atoms with Crippen molar-refractivity contribution in [2.45, 2.75) is 32.4 Å². The predicted molar refractivity (Wildman–Crippen MR) is 101 cm³/mol. The maximum Gasteiger partial charge on any atom is 0.259 e. The van der Waals surface area contributed by atoms with Gasteiger partial charge in [-0.25, -0.2) is 0 Å². The highest BCUT2D eigenvalue weighted by Crippen LogP contribution is 2.25. The summed E-state index contributed by atoms with van der Waals surface area (Å²) in [7, 11) is 0. The summed E-state index contributed by atoms with van der Waals surface area (Å²) in [5, 5.41) is 0.672. The molecule has 1 amide bonds. The number of benzene rings is 2. The number of amides is 1. The standard InChI is InChI=1S/C22H20N2O2/c25-21-18-9-3-7-16-8-4-11-23(20(16)18)14-19(21)22(26)24-12-10-15-5-1-2-6-17(15)13-24/h1-3,5-7,9,14H,4,8,10-13H2. The molecule has 2 aromatic carbocycles. The fourth-order valence-corrected chi connectivity index (χ4v) is 4.35. The van der Waals surface area contributed by atoms with Gasteiger partial charge in [-0.2, -0.15) is 0 Å². The first kappa shape index (κ1) is 15.4. The van der Waals surface area contributed by atoms with Crippen LogP contribution in [-0.2, 0) is 25.9 Å². The summed E-state index contributed by atoms with van der Waals surface area (Å²) in [4.78, 5) is 28.0. The second kappa shape index (κ2) is 5.84. The molecule has 0 saturated carbocycles. The van der Waals surface area contributed by atoms with Crippen LogP contribution in [-0.4, -0.2) is 21.9 Å². The molecule has 0 radical (unpaired) electrons. The Hall–Kier alpha value is -2.88. The van der Waals surface area contributed by atoms with Gasteiger partial charge in [0.05, 0.1) is 5.52 Å². The molecule has 0 bridgehead atoms. The van der Waals surface area contributed by atoms with Crippen molar-refractivity contribution >= 4 is 16.8 Å². The fraction of sp³-hybridized carbons (Fsp3) is 0.273. The minimum absolute atomic E-state index is 0.135. The van der Waals surface area contributed by atoms with Crippen molar-refractivity contribution in [3.63, 3.8) is 0 Å². The van der Waals surface area contributed by atoms with E-state index in [-0.39, 0.29) is 11.3 Å². The second-order valence-corrected chi connectivity index (χ2v) is 7.23. The lowest BCUT2D eigenvalue weighted by Gasteiger charge is -2.29. The smallest absolute Gasteiger partial charge is 0.259 e. The Labute approximate surface area is 151 Å². The zero-order valence-corrected chi connectivity index (χ0v) is 14.6. The number of aryl methyl sites for hydroxylation is 2. The average molecular weight is 344 g/mol. The highest BCUT2D eigenvalue weighted by atomic mass is 16.2. The number of para-hydroxylation sites is 1. The van der Waals surface area contributed by atoms with Gasteiger partial charge in [-0.3, -0.25) is 9.59 Å². The lowest BCUT2D eigenvalue weighted by Crippen LogP contribution is -2.38. The van der Waals surface area contributed by atoms with E-state index < -0.39 is 0 Å². The molecule has 130 valence electrons. The third-order valence-electron chi connectivity index (χ3n) is 5.67. The molecule has 4 heteroatoms. The summed E-state index contributed by atoms with van der Waals surface area (Å²) in [6, 6.07) is 14.1. The first-order valence-electron chi connectivity index (χ1n) is 9.23. The Kier molecular flexibility index (Phi) is 3.45. The number of hydrogen-bond acceptors (Lipinski definition) is 2. The van der Waals surface area contributed by atoms with E-state index in [1.807, 2.05) is 29.2 Å². The third kappa shape index (κ3) is 2.29. The van der Waals surface area contributed by atoms with Crippen LogP contribution in [0.2, 0.25) is 0 Å². The van der Waals surface area contributed by atoms with Crippen molar-refractivity contribution in [3.05, 3.63) is 81.1 Å². The van der Waals surface area contributed by atoms with Crippen LogP contribution in [0, 0.1) is 0 Å².